The van der Waals surface area contributed by atoms with Gasteiger partial charge in [0.05, 0.1) is 5.54 Å². The summed E-state index contributed by atoms with van der Waals surface area (Å²) in [5.74, 6) is 0.684. The minimum Gasteiger partial charge on any atom is -0.332 e. The molecule has 2 fully saturated rings. The second-order valence-corrected chi connectivity index (χ2v) is 7.92. The van der Waals surface area contributed by atoms with Gasteiger partial charge in [-0.1, -0.05) is 0 Å². The maximum absolute atomic E-state index is 12.9. The van der Waals surface area contributed by atoms with Crippen molar-refractivity contribution in [3.8, 4) is 0 Å². The molecule has 22 heavy (non-hydrogen) atoms. The Hall–Kier alpha value is -1.36. The zero-order valence-corrected chi connectivity index (χ0v) is 14.5. The largest absolute Gasteiger partial charge is 0.332 e. The quantitative estimate of drug-likeness (QED) is 0.842. The summed E-state index contributed by atoms with van der Waals surface area (Å²) in [4.78, 5) is 17.1. The Kier molecular flexibility index (Phi) is 3.79. The van der Waals surface area contributed by atoms with Crippen LogP contribution in [0.1, 0.15) is 62.6 Å². The topological polar surface area (TPSA) is 41.4 Å². The molecule has 122 valence electrons. The number of carbonyl (C=O) groups is 1. The van der Waals surface area contributed by atoms with Gasteiger partial charge in [0.15, 0.2) is 5.69 Å². The van der Waals surface area contributed by atoms with Gasteiger partial charge in [0.2, 0.25) is 0 Å². The third kappa shape index (κ3) is 2.91. The number of carbonyl (C=O) groups excluding carboxylic acids is 1. The van der Waals surface area contributed by atoms with Crippen LogP contribution in [0.5, 0.6) is 0 Å². The molecule has 1 aliphatic carbocycles. The number of hydrogen-bond acceptors (Lipinski definition) is 3. The van der Waals surface area contributed by atoms with Crippen LogP contribution < -0.4 is 0 Å². The van der Waals surface area contributed by atoms with E-state index in [1.165, 1.54) is 18.5 Å². The van der Waals surface area contributed by atoms with Gasteiger partial charge < -0.3 is 9.80 Å². The van der Waals surface area contributed by atoms with Crippen LogP contribution >= 0.6 is 0 Å². The van der Waals surface area contributed by atoms with Gasteiger partial charge in [-0.15, -0.1) is 0 Å². The molecule has 0 spiro atoms. The van der Waals surface area contributed by atoms with Crippen molar-refractivity contribution in [2.24, 2.45) is 0 Å². The highest BCUT2D eigenvalue weighted by Crippen LogP contribution is 2.41. The fraction of sp³-hybridized carbons (Fsp3) is 0.765. The van der Waals surface area contributed by atoms with E-state index in [-0.39, 0.29) is 17.5 Å². The van der Waals surface area contributed by atoms with Crippen LogP contribution in [-0.2, 0) is 5.54 Å². The van der Waals surface area contributed by atoms with Crippen LogP contribution in [0.4, 0.5) is 0 Å². The fourth-order valence-electron chi connectivity index (χ4n) is 3.30. The smallest absolute Gasteiger partial charge is 0.274 e. The zero-order chi connectivity index (χ0) is 16.1. The first-order valence-electron chi connectivity index (χ1n) is 8.37. The van der Waals surface area contributed by atoms with Crippen LogP contribution in [0.15, 0.2) is 6.07 Å². The Morgan fingerprint density at radius 3 is 2.50 bits per heavy atom. The van der Waals surface area contributed by atoms with Crippen molar-refractivity contribution in [3.05, 3.63) is 17.5 Å². The number of amides is 1. The second kappa shape index (κ2) is 5.37. The molecule has 1 aromatic heterocycles. The first kappa shape index (κ1) is 15.5. The maximum Gasteiger partial charge on any atom is 0.274 e. The average molecular weight is 304 g/mol. The number of likely N-dealkylation sites (N-methyl/N-ethyl adjacent to an activating group) is 1. The van der Waals surface area contributed by atoms with Crippen molar-refractivity contribution in [3.63, 3.8) is 0 Å². The Balaban J connectivity index is 1.87. The molecule has 1 amide bonds. The second-order valence-electron chi connectivity index (χ2n) is 7.92. The summed E-state index contributed by atoms with van der Waals surface area (Å²) in [5, 5.41) is 4.68. The third-order valence-electron chi connectivity index (χ3n) is 4.68. The summed E-state index contributed by atoms with van der Waals surface area (Å²) in [6, 6.07) is 2.28. The van der Waals surface area contributed by atoms with Gasteiger partial charge in [-0.25, -0.2) is 0 Å². The van der Waals surface area contributed by atoms with Gasteiger partial charge >= 0.3 is 0 Å². The van der Waals surface area contributed by atoms with Crippen LogP contribution in [0.25, 0.3) is 0 Å². The van der Waals surface area contributed by atoms with E-state index in [0.29, 0.717) is 11.6 Å². The average Bonchev–Trinajstić information content (AvgIpc) is 3.15. The van der Waals surface area contributed by atoms with Crippen LogP contribution in [0.3, 0.4) is 0 Å². The Labute approximate surface area is 133 Å². The predicted octanol–water partition coefficient (Wildman–Crippen LogP) is 2.29. The molecule has 0 N–H and O–H groups in total. The molecular weight excluding hydrogens is 276 g/mol. The Morgan fingerprint density at radius 1 is 1.27 bits per heavy atom. The molecule has 2 aliphatic rings. The minimum absolute atomic E-state index is 0.0792. The molecule has 5 nitrogen and oxygen atoms in total. The van der Waals surface area contributed by atoms with Crippen molar-refractivity contribution in [2.75, 3.05) is 26.7 Å². The molecule has 2 heterocycles. The number of nitrogens with zero attached hydrogens (tertiary/aromatic N) is 4. The van der Waals surface area contributed by atoms with Crippen LogP contribution in [0, 0.1) is 0 Å². The summed E-state index contributed by atoms with van der Waals surface area (Å²) in [6.07, 6.45) is 2.45. The molecule has 1 aromatic rings. The van der Waals surface area contributed by atoms with E-state index in [0.717, 1.165) is 19.6 Å². The van der Waals surface area contributed by atoms with E-state index in [2.05, 4.69) is 49.4 Å². The molecule has 1 atom stereocenters. The van der Waals surface area contributed by atoms with Gasteiger partial charge in [-0.3, -0.25) is 9.48 Å². The van der Waals surface area contributed by atoms with Crippen molar-refractivity contribution in [1.29, 1.82) is 0 Å². The normalized spacial score (nSPS) is 23.9. The lowest BCUT2D eigenvalue weighted by Crippen LogP contribution is -2.52. The fourth-order valence-corrected chi connectivity index (χ4v) is 3.30. The van der Waals surface area contributed by atoms with Gasteiger partial charge in [-0.05, 0) is 53.7 Å². The molecule has 3 rings (SSSR count). The van der Waals surface area contributed by atoms with Crippen molar-refractivity contribution < 1.29 is 4.79 Å². The van der Waals surface area contributed by atoms with Crippen molar-refractivity contribution >= 4 is 5.91 Å². The van der Waals surface area contributed by atoms with E-state index in [4.69, 9.17) is 0 Å². The van der Waals surface area contributed by atoms with Crippen molar-refractivity contribution in [2.45, 2.75) is 58.0 Å². The number of piperazine rings is 1. The van der Waals surface area contributed by atoms with Gasteiger partial charge in [0.1, 0.15) is 0 Å². The van der Waals surface area contributed by atoms with Crippen LogP contribution in [0.2, 0.25) is 0 Å². The predicted molar refractivity (Wildman–Crippen MR) is 87.2 cm³/mol. The van der Waals surface area contributed by atoms with E-state index < -0.39 is 0 Å². The van der Waals surface area contributed by atoms with E-state index >= 15 is 0 Å². The lowest BCUT2D eigenvalue weighted by atomic mass is 10.1. The molecule has 0 radical (unpaired) electrons. The summed E-state index contributed by atoms with van der Waals surface area (Å²) < 4.78 is 2.07. The minimum atomic E-state index is -0.0792. The van der Waals surface area contributed by atoms with Gasteiger partial charge in [0, 0.05) is 37.3 Å². The first-order chi connectivity index (χ1) is 10.3. The molecule has 1 saturated carbocycles. The lowest BCUT2D eigenvalue weighted by Gasteiger charge is -2.37. The van der Waals surface area contributed by atoms with Gasteiger partial charge in [0.25, 0.3) is 5.91 Å². The Bertz CT molecular complexity index is 568. The summed E-state index contributed by atoms with van der Waals surface area (Å²) in [6.45, 7) is 11.2. The number of rotatable bonds is 2. The van der Waals surface area contributed by atoms with E-state index in [1.807, 2.05) is 11.0 Å². The molecule has 0 unspecified atom stereocenters. The SMILES string of the molecule is C[C@H]1CN(C)CCN1C(=O)c1cc(C2CC2)n(C(C)(C)C)n1. The molecule has 1 saturated heterocycles. The lowest BCUT2D eigenvalue weighted by molar-refractivity contribution is 0.0526. The van der Waals surface area contributed by atoms with E-state index in [9.17, 15) is 4.79 Å². The van der Waals surface area contributed by atoms with Crippen molar-refractivity contribution in [1.82, 2.24) is 19.6 Å². The molecule has 0 bridgehead atoms. The maximum atomic E-state index is 12.9. The third-order valence-corrected chi connectivity index (χ3v) is 4.68. The molecule has 0 aromatic carbocycles. The highest BCUT2D eigenvalue weighted by atomic mass is 16.2. The monoisotopic (exact) mass is 304 g/mol. The Morgan fingerprint density at radius 2 is 1.95 bits per heavy atom. The standard InChI is InChI=1S/C17H28N4O/c1-12-11-19(5)8-9-20(12)16(22)14-10-15(13-6-7-13)21(18-14)17(2,3)4/h10,12-13H,6-9,11H2,1-5H3/t12-/m0/s1. The highest BCUT2D eigenvalue weighted by Gasteiger charge is 2.34. The van der Waals surface area contributed by atoms with Crippen LogP contribution in [-0.4, -0.2) is 58.2 Å². The summed E-state index contributed by atoms with van der Waals surface area (Å²) >= 11 is 0. The number of aromatic nitrogens is 2. The number of hydrogen-bond donors (Lipinski definition) is 0. The first-order valence-corrected chi connectivity index (χ1v) is 8.37. The summed E-state index contributed by atoms with van der Waals surface area (Å²) in [7, 11) is 2.11. The van der Waals surface area contributed by atoms with Gasteiger partial charge in [-0.2, -0.15) is 5.10 Å². The molecule has 5 heteroatoms. The zero-order valence-electron chi connectivity index (χ0n) is 14.5. The molecular formula is C17H28N4O. The van der Waals surface area contributed by atoms with E-state index in [1.54, 1.807) is 0 Å². The highest BCUT2D eigenvalue weighted by molar-refractivity contribution is 5.92. The summed E-state index contributed by atoms with van der Waals surface area (Å²) in [5.41, 5.74) is 1.77. The molecule has 1 aliphatic heterocycles.